The normalized spacial score (nSPS) is 18.7. The SMILES string of the molecule is CCC1(CC)CCN(c2ncc(Br)cc2C)C1. The van der Waals surface area contributed by atoms with Gasteiger partial charge in [-0.2, -0.15) is 0 Å². The molecule has 0 aromatic carbocycles. The number of hydrogen-bond donors (Lipinski definition) is 0. The molecule has 3 heteroatoms. The summed E-state index contributed by atoms with van der Waals surface area (Å²) in [6, 6.07) is 2.15. The molecule has 0 aliphatic carbocycles. The molecule has 1 fully saturated rings. The molecule has 0 bridgehead atoms. The molecule has 1 aliphatic rings. The van der Waals surface area contributed by atoms with Crippen LogP contribution in [0.2, 0.25) is 0 Å². The highest BCUT2D eigenvalue weighted by Crippen LogP contribution is 2.39. The lowest BCUT2D eigenvalue weighted by molar-refractivity contribution is 0.301. The fraction of sp³-hybridized carbons (Fsp3) is 0.643. The average Bonchev–Trinajstić information content (AvgIpc) is 2.74. The van der Waals surface area contributed by atoms with Crippen LogP contribution in [0.15, 0.2) is 16.7 Å². The third-order valence-corrected chi connectivity index (χ3v) is 4.69. The largest absolute Gasteiger partial charge is 0.356 e. The second-order valence-corrected chi connectivity index (χ2v) is 6.09. The Morgan fingerprint density at radius 2 is 2.12 bits per heavy atom. The summed E-state index contributed by atoms with van der Waals surface area (Å²) in [5.74, 6) is 1.16. The number of halogens is 1. The molecule has 0 spiro atoms. The van der Waals surface area contributed by atoms with Gasteiger partial charge in [-0.3, -0.25) is 0 Å². The van der Waals surface area contributed by atoms with Crippen molar-refractivity contribution < 1.29 is 0 Å². The zero-order valence-corrected chi connectivity index (χ0v) is 12.5. The number of rotatable bonds is 3. The van der Waals surface area contributed by atoms with E-state index >= 15 is 0 Å². The smallest absolute Gasteiger partial charge is 0.131 e. The predicted octanol–water partition coefficient (Wildman–Crippen LogP) is 4.17. The van der Waals surface area contributed by atoms with Crippen molar-refractivity contribution in [2.75, 3.05) is 18.0 Å². The number of aromatic nitrogens is 1. The van der Waals surface area contributed by atoms with Gasteiger partial charge in [0, 0.05) is 23.8 Å². The first-order chi connectivity index (χ1) is 8.10. The van der Waals surface area contributed by atoms with Gasteiger partial charge in [0.25, 0.3) is 0 Å². The van der Waals surface area contributed by atoms with Crippen LogP contribution in [0, 0.1) is 12.3 Å². The Balaban J connectivity index is 2.20. The van der Waals surface area contributed by atoms with Crippen LogP contribution in [0.3, 0.4) is 0 Å². The van der Waals surface area contributed by atoms with E-state index in [1.807, 2.05) is 6.20 Å². The molecule has 0 radical (unpaired) electrons. The van der Waals surface area contributed by atoms with Gasteiger partial charge in [-0.1, -0.05) is 13.8 Å². The maximum Gasteiger partial charge on any atom is 0.131 e. The van der Waals surface area contributed by atoms with E-state index in [-0.39, 0.29) is 0 Å². The Kier molecular flexibility index (Phi) is 3.76. The van der Waals surface area contributed by atoms with Gasteiger partial charge in [-0.05, 0) is 59.2 Å². The van der Waals surface area contributed by atoms with Crippen molar-refractivity contribution in [1.29, 1.82) is 0 Å². The maximum atomic E-state index is 4.57. The van der Waals surface area contributed by atoms with E-state index in [2.05, 4.69) is 52.7 Å². The molecule has 0 amide bonds. The molecule has 1 aromatic heterocycles. The maximum absolute atomic E-state index is 4.57. The standard InChI is InChI=1S/C14H21BrN2/c1-4-14(5-2)6-7-17(10-14)13-11(3)8-12(15)9-16-13/h8-9H,4-7,10H2,1-3H3. The molecule has 1 aromatic rings. The Labute approximate surface area is 113 Å². The van der Waals surface area contributed by atoms with Gasteiger partial charge in [0.05, 0.1) is 0 Å². The van der Waals surface area contributed by atoms with Crippen LogP contribution in [0.1, 0.15) is 38.7 Å². The molecule has 2 heterocycles. The highest BCUT2D eigenvalue weighted by Gasteiger charge is 2.35. The zero-order valence-electron chi connectivity index (χ0n) is 11.0. The molecule has 17 heavy (non-hydrogen) atoms. The number of pyridine rings is 1. The van der Waals surface area contributed by atoms with Gasteiger partial charge in [0.15, 0.2) is 0 Å². The monoisotopic (exact) mass is 296 g/mol. The van der Waals surface area contributed by atoms with Gasteiger partial charge in [0.2, 0.25) is 0 Å². The molecule has 0 atom stereocenters. The number of aryl methyl sites for hydroxylation is 1. The number of nitrogens with zero attached hydrogens (tertiary/aromatic N) is 2. The minimum Gasteiger partial charge on any atom is -0.356 e. The lowest BCUT2D eigenvalue weighted by atomic mass is 9.82. The first-order valence-corrected chi connectivity index (χ1v) is 7.26. The van der Waals surface area contributed by atoms with Crippen molar-refractivity contribution in [3.63, 3.8) is 0 Å². The zero-order chi connectivity index (χ0) is 12.5. The molecule has 0 unspecified atom stereocenters. The second-order valence-electron chi connectivity index (χ2n) is 5.17. The molecule has 1 aliphatic heterocycles. The highest BCUT2D eigenvalue weighted by molar-refractivity contribution is 9.10. The summed E-state index contributed by atoms with van der Waals surface area (Å²) in [7, 11) is 0. The first kappa shape index (κ1) is 12.9. The van der Waals surface area contributed by atoms with Crippen LogP contribution in [0.4, 0.5) is 5.82 Å². The van der Waals surface area contributed by atoms with E-state index in [4.69, 9.17) is 0 Å². The lowest BCUT2D eigenvalue weighted by Gasteiger charge is -2.27. The van der Waals surface area contributed by atoms with Crippen molar-refractivity contribution in [2.45, 2.75) is 40.0 Å². The summed E-state index contributed by atoms with van der Waals surface area (Å²) in [6.45, 7) is 9.08. The van der Waals surface area contributed by atoms with Gasteiger partial charge in [0.1, 0.15) is 5.82 Å². The van der Waals surface area contributed by atoms with Crippen LogP contribution in [0.25, 0.3) is 0 Å². The van der Waals surface area contributed by atoms with Crippen molar-refractivity contribution in [3.05, 3.63) is 22.3 Å². The number of anilines is 1. The molecule has 2 rings (SSSR count). The van der Waals surface area contributed by atoms with Gasteiger partial charge >= 0.3 is 0 Å². The lowest BCUT2D eigenvalue weighted by Crippen LogP contribution is -2.27. The molecule has 0 N–H and O–H groups in total. The van der Waals surface area contributed by atoms with Crippen LogP contribution in [0.5, 0.6) is 0 Å². The van der Waals surface area contributed by atoms with Crippen LogP contribution in [-0.2, 0) is 0 Å². The fourth-order valence-electron chi connectivity index (χ4n) is 2.81. The Hall–Kier alpha value is -0.570. The first-order valence-electron chi connectivity index (χ1n) is 6.47. The average molecular weight is 297 g/mol. The van der Waals surface area contributed by atoms with Gasteiger partial charge < -0.3 is 4.90 Å². The summed E-state index contributed by atoms with van der Waals surface area (Å²) >= 11 is 3.47. The molecular formula is C14H21BrN2. The van der Waals surface area contributed by atoms with E-state index in [1.165, 1.54) is 24.8 Å². The minimum absolute atomic E-state index is 0.515. The topological polar surface area (TPSA) is 16.1 Å². The van der Waals surface area contributed by atoms with E-state index < -0.39 is 0 Å². The van der Waals surface area contributed by atoms with E-state index in [0.717, 1.165) is 23.4 Å². The van der Waals surface area contributed by atoms with E-state index in [9.17, 15) is 0 Å². The Bertz CT molecular complexity index is 399. The van der Waals surface area contributed by atoms with Crippen molar-refractivity contribution in [3.8, 4) is 0 Å². The number of hydrogen-bond acceptors (Lipinski definition) is 2. The summed E-state index contributed by atoms with van der Waals surface area (Å²) in [5, 5.41) is 0. The second kappa shape index (κ2) is 4.97. The summed E-state index contributed by atoms with van der Waals surface area (Å²) in [4.78, 5) is 7.03. The van der Waals surface area contributed by atoms with Crippen molar-refractivity contribution >= 4 is 21.7 Å². The highest BCUT2D eigenvalue weighted by atomic mass is 79.9. The molecule has 0 saturated carbocycles. The molecular weight excluding hydrogens is 276 g/mol. The van der Waals surface area contributed by atoms with Crippen molar-refractivity contribution in [2.24, 2.45) is 5.41 Å². The van der Waals surface area contributed by atoms with E-state index in [0.29, 0.717) is 5.41 Å². The van der Waals surface area contributed by atoms with E-state index in [1.54, 1.807) is 0 Å². The fourth-order valence-corrected chi connectivity index (χ4v) is 3.25. The third-order valence-electron chi connectivity index (χ3n) is 4.26. The molecule has 1 saturated heterocycles. The summed E-state index contributed by atoms with van der Waals surface area (Å²) < 4.78 is 1.06. The minimum atomic E-state index is 0.515. The van der Waals surface area contributed by atoms with Crippen LogP contribution in [-0.4, -0.2) is 18.1 Å². The molecule has 94 valence electrons. The van der Waals surface area contributed by atoms with Gasteiger partial charge in [-0.25, -0.2) is 4.98 Å². The Morgan fingerprint density at radius 1 is 1.41 bits per heavy atom. The van der Waals surface area contributed by atoms with Crippen LogP contribution >= 0.6 is 15.9 Å². The predicted molar refractivity (Wildman–Crippen MR) is 76.5 cm³/mol. The Morgan fingerprint density at radius 3 is 2.65 bits per heavy atom. The van der Waals surface area contributed by atoms with Crippen molar-refractivity contribution in [1.82, 2.24) is 4.98 Å². The van der Waals surface area contributed by atoms with Gasteiger partial charge in [-0.15, -0.1) is 0 Å². The third kappa shape index (κ3) is 2.49. The summed E-state index contributed by atoms with van der Waals surface area (Å²) in [5.41, 5.74) is 1.78. The summed E-state index contributed by atoms with van der Waals surface area (Å²) in [6.07, 6.45) is 5.75. The molecule has 2 nitrogen and oxygen atoms in total. The quantitative estimate of drug-likeness (QED) is 0.832. The van der Waals surface area contributed by atoms with Crippen LogP contribution < -0.4 is 4.90 Å².